The fraction of sp³-hybridized carbons (Fsp3) is 0.0714. The van der Waals surface area contributed by atoms with Crippen molar-refractivity contribution >= 4 is 17.2 Å². The van der Waals surface area contributed by atoms with Crippen LogP contribution in [0.3, 0.4) is 0 Å². The largest absolute Gasteiger partial charge is 0.392 e. The van der Waals surface area contributed by atoms with Crippen molar-refractivity contribution in [2.45, 2.75) is 6.61 Å². The molecule has 1 N–H and O–H groups in total. The van der Waals surface area contributed by atoms with Gasteiger partial charge in [0, 0.05) is 12.4 Å². The van der Waals surface area contributed by atoms with Gasteiger partial charge in [0.1, 0.15) is 10.8 Å². The zero-order chi connectivity index (χ0) is 12.5. The molecule has 0 aliphatic rings. The first kappa shape index (κ1) is 11.3. The Labute approximate surface area is 109 Å². The third kappa shape index (κ3) is 1.88. The number of hydrogen-bond acceptors (Lipinski definition) is 2. The molecule has 0 fully saturated rings. The predicted octanol–water partition coefficient (Wildman–Crippen LogP) is 3.15. The zero-order valence-corrected chi connectivity index (χ0v) is 10.3. The summed E-state index contributed by atoms with van der Waals surface area (Å²) in [6.45, 7) is 0.0267. The first-order valence-corrected chi connectivity index (χ1v) is 5.99. The van der Waals surface area contributed by atoms with E-state index in [0.717, 1.165) is 22.3 Å². The molecule has 0 aliphatic carbocycles. The van der Waals surface area contributed by atoms with Gasteiger partial charge in [-0.25, -0.2) is 4.98 Å². The summed E-state index contributed by atoms with van der Waals surface area (Å²) >= 11 is 5.87. The maximum absolute atomic E-state index is 9.36. The number of halogens is 1. The van der Waals surface area contributed by atoms with Gasteiger partial charge >= 0.3 is 0 Å². The smallest absolute Gasteiger partial charge is 0.148 e. The topological polar surface area (TPSA) is 37.5 Å². The van der Waals surface area contributed by atoms with Crippen molar-refractivity contribution in [1.29, 1.82) is 0 Å². The number of fused-ring (bicyclic) bond motifs is 1. The second kappa shape index (κ2) is 4.44. The Morgan fingerprint density at radius 1 is 1.11 bits per heavy atom. The predicted molar refractivity (Wildman–Crippen MR) is 71.6 cm³/mol. The van der Waals surface area contributed by atoms with E-state index in [2.05, 4.69) is 4.98 Å². The van der Waals surface area contributed by atoms with E-state index in [0.29, 0.717) is 5.15 Å². The number of hydrogen-bond donors (Lipinski definition) is 1. The molecule has 4 heteroatoms. The third-order valence-corrected chi connectivity index (χ3v) is 3.10. The molecule has 0 amide bonds. The van der Waals surface area contributed by atoms with Gasteiger partial charge in [-0.2, -0.15) is 0 Å². The lowest BCUT2D eigenvalue weighted by Crippen LogP contribution is -1.91. The van der Waals surface area contributed by atoms with E-state index >= 15 is 0 Å². The molecular weight excluding hydrogens is 248 g/mol. The molecule has 0 saturated heterocycles. The second-order valence-corrected chi connectivity index (χ2v) is 4.45. The fourth-order valence-electron chi connectivity index (χ4n) is 2.06. The summed E-state index contributed by atoms with van der Waals surface area (Å²) in [5.74, 6) is 0. The molecule has 0 spiro atoms. The minimum Gasteiger partial charge on any atom is -0.392 e. The highest BCUT2D eigenvalue weighted by molar-refractivity contribution is 6.29. The number of benzene rings is 1. The van der Waals surface area contributed by atoms with Gasteiger partial charge in [0.25, 0.3) is 0 Å². The van der Waals surface area contributed by atoms with Gasteiger partial charge in [-0.1, -0.05) is 35.9 Å². The maximum Gasteiger partial charge on any atom is 0.148 e. The molecule has 1 aromatic carbocycles. The number of imidazole rings is 1. The number of pyridine rings is 1. The molecule has 0 aliphatic heterocycles. The Balaban J connectivity index is 2.18. The quantitative estimate of drug-likeness (QED) is 0.767. The van der Waals surface area contributed by atoms with Crippen LogP contribution in [0.4, 0.5) is 0 Å². The first-order valence-electron chi connectivity index (χ1n) is 5.61. The van der Waals surface area contributed by atoms with Crippen LogP contribution < -0.4 is 0 Å². The summed E-state index contributed by atoms with van der Waals surface area (Å²) < 4.78 is 1.88. The van der Waals surface area contributed by atoms with Crippen molar-refractivity contribution in [3.8, 4) is 11.1 Å². The SMILES string of the molecule is OCc1ccccc1-c1ccc2nc(Cl)cn2c1. The van der Waals surface area contributed by atoms with Crippen LogP contribution in [0.1, 0.15) is 5.56 Å². The maximum atomic E-state index is 9.36. The lowest BCUT2D eigenvalue weighted by atomic mass is 10.0. The molecule has 0 radical (unpaired) electrons. The normalized spacial score (nSPS) is 11.0. The van der Waals surface area contributed by atoms with Gasteiger partial charge in [-0.05, 0) is 28.8 Å². The average Bonchev–Trinajstić information content (AvgIpc) is 2.77. The number of aliphatic hydroxyl groups is 1. The average molecular weight is 259 g/mol. The number of aliphatic hydroxyl groups excluding tert-OH is 1. The van der Waals surface area contributed by atoms with Crippen LogP contribution in [0, 0.1) is 0 Å². The Bertz CT molecular complexity index is 706. The van der Waals surface area contributed by atoms with Crippen molar-refractivity contribution in [1.82, 2.24) is 9.38 Å². The molecule has 0 saturated carbocycles. The number of aromatic nitrogens is 2. The minimum atomic E-state index is 0.0267. The molecule has 3 aromatic rings. The lowest BCUT2D eigenvalue weighted by molar-refractivity contribution is 0.282. The molecule has 2 aromatic heterocycles. The highest BCUT2D eigenvalue weighted by Gasteiger charge is 2.05. The van der Waals surface area contributed by atoms with Crippen molar-refractivity contribution in [2.24, 2.45) is 0 Å². The van der Waals surface area contributed by atoms with Crippen LogP contribution in [0.15, 0.2) is 48.8 Å². The third-order valence-electron chi connectivity index (χ3n) is 2.92. The van der Waals surface area contributed by atoms with Crippen molar-refractivity contribution in [2.75, 3.05) is 0 Å². The van der Waals surface area contributed by atoms with E-state index in [1.807, 2.05) is 47.0 Å². The molecule has 2 heterocycles. The van der Waals surface area contributed by atoms with Crippen LogP contribution in [0.5, 0.6) is 0 Å². The van der Waals surface area contributed by atoms with E-state index in [1.54, 1.807) is 6.20 Å². The van der Waals surface area contributed by atoms with E-state index < -0.39 is 0 Å². The standard InChI is InChI=1S/C14H11ClN2O/c15-13-8-17-7-10(5-6-14(17)16-13)12-4-2-1-3-11(12)9-18/h1-8,18H,9H2. The Morgan fingerprint density at radius 3 is 2.78 bits per heavy atom. The van der Waals surface area contributed by atoms with Gasteiger partial charge in [-0.15, -0.1) is 0 Å². The van der Waals surface area contributed by atoms with Gasteiger partial charge in [0.2, 0.25) is 0 Å². The van der Waals surface area contributed by atoms with Crippen molar-refractivity contribution in [3.05, 3.63) is 59.5 Å². The lowest BCUT2D eigenvalue weighted by Gasteiger charge is -2.07. The zero-order valence-electron chi connectivity index (χ0n) is 9.55. The van der Waals surface area contributed by atoms with Crippen molar-refractivity contribution in [3.63, 3.8) is 0 Å². The Hall–Kier alpha value is -1.84. The van der Waals surface area contributed by atoms with E-state index in [9.17, 15) is 5.11 Å². The highest BCUT2D eigenvalue weighted by Crippen LogP contribution is 2.24. The van der Waals surface area contributed by atoms with Gasteiger partial charge < -0.3 is 9.51 Å². The molecular formula is C14H11ClN2O. The molecule has 3 nitrogen and oxygen atoms in total. The van der Waals surface area contributed by atoms with Crippen LogP contribution >= 0.6 is 11.6 Å². The monoisotopic (exact) mass is 258 g/mol. The molecule has 0 unspecified atom stereocenters. The summed E-state index contributed by atoms with van der Waals surface area (Å²) in [5.41, 5.74) is 3.77. The molecule has 0 bridgehead atoms. The van der Waals surface area contributed by atoms with Crippen LogP contribution in [-0.4, -0.2) is 14.5 Å². The van der Waals surface area contributed by atoms with Crippen molar-refractivity contribution < 1.29 is 5.11 Å². The summed E-state index contributed by atoms with van der Waals surface area (Å²) in [4.78, 5) is 4.17. The van der Waals surface area contributed by atoms with E-state index in [4.69, 9.17) is 11.6 Å². The molecule has 3 rings (SSSR count). The van der Waals surface area contributed by atoms with E-state index in [-0.39, 0.29) is 6.61 Å². The van der Waals surface area contributed by atoms with E-state index in [1.165, 1.54) is 0 Å². The van der Waals surface area contributed by atoms with Gasteiger partial charge in [-0.3, -0.25) is 0 Å². The summed E-state index contributed by atoms with van der Waals surface area (Å²) in [5, 5.41) is 9.83. The Morgan fingerprint density at radius 2 is 1.94 bits per heavy atom. The van der Waals surface area contributed by atoms with Gasteiger partial charge in [0.15, 0.2) is 0 Å². The number of rotatable bonds is 2. The first-order chi connectivity index (χ1) is 8.78. The summed E-state index contributed by atoms with van der Waals surface area (Å²) in [6, 6.07) is 11.7. The highest BCUT2D eigenvalue weighted by atomic mass is 35.5. The van der Waals surface area contributed by atoms with Crippen LogP contribution in [0.2, 0.25) is 5.15 Å². The minimum absolute atomic E-state index is 0.0267. The van der Waals surface area contributed by atoms with Crippen LogP contribution in [0.25, 0.3) is 16.8 Å². The molecule has 0 atom stereocenters. The second-order valence-electron chi connectivity index (χ2n) is 4.06. The Kier molecular flexibility index (Phi) is 2.78. The van der Waals surface area contributed by atoms with Crippen LogP contribution in [-0.2, 0) is 6.61 Å². The number of nitrogens with zero attached hydrogens (tertiary/aromatic N) is 2. The molecule has 18 heavy (non-hydrogen) atoms. The summed E-state index contributed by atoms with van der Waals surface area (Å²) in [6.07, 6.45) is 3.73. The molecule has 90 valence electrons. The van der Waals surface area contributed by atoms with Gasteiger partial charge in [0.05, 0.1) is 6.61 Å². The fourth-order valence-corrected chi connectivity index (χ4v) is 2.25. The summed E-state index contributed by atoms with van der Waals surface area (Å²) in [7, 11) is 0.